The Kier molecular flexibility index (Phi) is 4.47. The molecule has 1 fully saturated rings. The average Bonchev–Trinajstić information content (AvgIpc) is 2.44. The number of ketones is 1. The molecular formula is C15H17F2NO2. The van der Waals surface area contributed by atoms with Crippen LogP contribution in [-0.2, 0) is 16.0 Å². The standard InChI is InChI=1S/C15H17F2NO2/c1-18(11-5-7-12(19)8-6-11)14(20)9-10-3-2-4-13(16)15(10)17/h2-4,11H,5-9H2,1H3. The van der Waals surface area contributed by atoms with Crippen LogP contribution in [0.5, 0.6) is 0 Å². The van der Waals surface area contributed by atoms with Crippen LogP contribution >= 0.6 is 0 Å². The van der Waals surface area contributed by atoms with E-state index < -0.39 is 11.6 Å². The van der Waals surface area contributed by atoms with Crippen LogP contribution in [0.25, 0.3) is 0 Å². The predicted octanol–water partition coefficient (Wildman–Crippen LogP) is 2.48. The monoisotopic (exact) mass is 281 g/mol. The molecule has 5 heteroatoms. The van der Waals surface area contributed by atoms with Crippen LogP contribution < -0.4 is 0 Å². The number of hydrogen-bond acceptors (Lipinski definition) is 2. The van der Waals surface area contributed by atoms with Crippen molar-refractivity contribution >= 4 is 11.7 Å². The molecule has 1 aromatic carbocycles. The fourth-order valence-electron chi connectivity index (χ4n) is 2.49. The van der Waals surface area contributed by atoms with Crippen molar-refractivity contribution in [2.45, 2.75) is 38.1 Å². The Balaban J connectivity index is 2.00. The second-order valence-corrected chi connectivity index (χ2v) is 5.16. The summed E-state index contributed by atoms with van der Waals surface area (Å²) in [6.45, 7) is 0. The SMILES string of the molecule is CN(C(=O)Cc1cccc(F)c1F)C1CCC(=O)CC1. The van der Waals surface area contributed by atoms with E-state index in [1.54, 1.807) is 11.9 Å². The smallest absolute Gasteiger partial charge is 0.227 e. The lowest BCUT2D eigenvalue weighted by Gasteiger charge is -2.30. The first-order valence-corrected chi connectivity index (χ1v) is 6.69. The molecule has 0 bridgehead atoms. The number of amides is 1. The van der Waals surface area contributed by atoms with E-state index in [0.29, 0.717) is 25.7 Å². The van der Waals surface area contributed by atoms with Crippen molar-refractivity contribution in [2.75, 3.05) is 7.05 Å². The second-order valence-electron chi connectivity index (χ2n) is 5.16. The summed E-state index contributed by atoms with van der Waals surface area (Å²) in [6, 6.07) is 3.84. The van der Waals surface area contributed by atoms with Gasteiger partial charge in [0, 0.05) is 31.5 Å². The number of carbonyl (C=O) groups is 2. The van der Waals surface area contributed by atoms with Crippen LogP contribution in [-0.4, -0.2) is 29.7 Å². The number of Topliss-reactive ketones (excluding diaryl/α,β-unsaturated/α-hetero) is 1. The normalized spacial score (nSPS) is 16.2. The van der Waals surface area contributed by atoms with Crippen molar-refractivity contribution < 1.29 is 18.4 Å². The average molecular weight is 281 g/mol. The Morgan fingerprint density at radius 3 is 2.60 bits per heavy atom. The summed E-state index contributed by atoms with van der Waals surface area (Å²) in [7, 11) is 1.65. The van der Waals surface area contributed by atoms with Crippen molar-refractivity contribution in [1.29, 1.82) is 0 Å². The Morgan fingerprint density at radius 1 is 1.30 bits per heavy atom. The third-order valence-electron chi connectivity index (χ3n) is 3.83. The summed E-state index contributed by atoms with van der Waals surface area (Å²) in [6.07, 6.45) is 2.09. The highest BCUT2D eigenvalue weighted by Crippen LogP contribution is 2.21. The number of benzene rings is 1. The maximum atomic E-state index is 13.5. The summed E-state index contributed by atoms with van der Waals surface area (Å²) in [5.41, 5.74) is 0.0636. The lowest BCUT2D eigenvalue weighted by atomic mass is 9.93. The van der Waals surface area contributed by atoms with Crippen LogP contribution in [0.4, 0.5) is 8.78 Å². The van der Waals surface area contributed by atoms with Crippen molar-refractivity contribution in [3.63, 3.8) is 0 Å². The first-order chi connectivity index (χ1) is 9.49. The Labute approximate surface area is 116 Å². The van der Waals surface area contributed by atoms with E-state index in [2.05, 4.69) is 0 Å². The molecule has 20 heavy (non-hydrogen) atoms. The summed E-state index contributed by atoms with van der Waals surface area (Å²) < 4.78 is 26.6. The van der Waals surface area contributed by atoms with Gasteiger partial charge >= 0.3 is 0 Å². The van der Waals surface area contributed by atoms with E-state index >= 15 is 0 Å². The minimum Gasteiger partial charge on any atom is -0.342 e. The third kappa shape index (κ3) is 3.21. The molecule has 0 N–H and O–H groups in total. The summed E-state index contributed by atoms with van der Waals surface area (Å²) in [4.78, 5) is 24.8. The van der Waals surface area contributed by atoms with E-state index in [1.807, 2.05) is 0 Å². The fourth-order valence-corrected chi connectivity index (χ4v) is 2.49. The zero-order valence-electron chi connectivity index (χ0n) is 11.4. The number of rotatable bonds is 3. The van der Waals surface area contributed by atoms with Gasteiger partial charge in [0.1, 0.15) is 5.78 Å². The molecule has 0 spiro atoms. The highest BCUT2D eigenvalue weighted by molar-refractivity contribution is 5.81. The minimum atomic E-state index is -0.965. The van der Waals surface area contributed by atoms with Gasteiger partial charge in [0.2, 0.25) is 5.91 Å². The molecule has 1 saturated carbocycles. The molecule has 0 saturated heterocycles. The Hall–Kier alpha value is -1.78. The highest BCUT2D eigenvalue weighted by atomic mass is 19.2. The van der Waals surface area contributed by atoms with Gasteiger partial charge in [-0.1, -0.05) is 12.1 Å². The zero-order chi connectivity index (χ0) is 14.7. The van der Waals surface area contributed by atoms with E-state index in [0.717, 1.165) is 6.07 Å². The van der Waals surface area contributed by atoms with Gasteiger partial charge in [0.15, 0.2) is 11.6 Å². The first-order valence-electron chi connectivity index (χ1n) is 6.69. The summed E-state index contributed by atoms with van der Waals surface area (Å²) in [5.74, 6) is -1.94. The maximum absolute atomic E-state index is 13.5. The van der Waals surface area contributed by atoms with E-state index in [-0.39, 0.29) is 29.7 Å². The molecule has 0 heterocycles. The molecule has 0 radical (unpaired) electrons. The van der Waals surface area contributed by atoms with Gasteiger partial charge in [-0.2, -0.15) is 0 Å². The maximum Gasteiger partial charge on any atom is 0.227 e. The molecule has 0 aliphatic heterocycles. The largest absolute Gasteiger partial charge is 0.342 e. The van der Waals surface area contributed by atoms with E-state index in [4.69, 9.17) is 0 Å². The topological polar surface area (TPSA) is 37.4 Å². The highest BCUT2D eigenvalue weighted by Gasteiger charge is 2.25. The number of nitrogens with zero attached hydrogens (tertiary/aromatic N) is 1. The number of likely N-dealkylation sites (N-methyl/N-ethyl adjacent to an activating group) is 1. The molecule has 1 aliphatic rings. The molecule has 0 aromatic heterocycles. The number of carbonyl (C=O) groups excluding carboxylic acids is 2. The zero-order valence-corrected chi connectivity index (χ0v) is 11.4. The molecule has 1 aromatic rings. The van der Waals surface area contributed by atoms with Crippen LogP contribution in [0, 0.1) is 11.6 Å². The van der Waals surface area contributed by atoms with E-state index in [9.17, 15) is 18.4 Å². The van der Waals surface area contributed by atoms with Gasteiger partial charge in [-0.3, -0.25) is 9.59 Å². The molecule has 108 valence electrons. The Bertz CT molecular complexity index is 521. The van der Waals surface area contributed by atoms with Gasteiger partial charge in [0.25, 0.3) is 0 Å². The van der Waals surface area contributed by atoms with Crippen molar-refractivity contribution in [3.8, 4) is 0 Å². The van der Waals surface area contributed by atoms with Gasteiger partial charge < -0.3 is 4.90 Å². The first kappa shape index (κ1) is 14.6. The minimum absolute atomic E-state index is 0.0109. The van der Waals surface area contributed by atoms with Crippen LogP contribution in [0.2, 0.25) is 0 Å². The summed E-state index contributed by atoms with van der Waals surface area (Å²) in [5, 5.41) is 0. The van der Waals surface area contributed by atoms with Crippen molar-refractivity contribution in [1.82, 2.24) is 4.90 Å². The molecular weight excluding hydrogens is 264 g/mol. The van der Waals surface area contributed by atoms with Crippen LogP contribution in [0.15, 0.2) is 18.2 Å². The van der Waals surface area contributed by atoms with E-state index in [1.165, 1.54) is 12.1 Å². The lowest BCUT2D eigenvalue weighted by Crippen LogP contribution is -2.40. The molecule has 3 nitrogen and oxygen atoms in total. The summed E-state index contributed by atoms with van der Waals surface area (Å²) >= 11 is 0. The molecule has 1 aliphatic carbocycles. The van der Waals surface area contributed by atoms with Crippen LogP contribution in [0.3, 0.4) is 0 Å². The lowest BCUT2D eigenvalue weighted by molar-refractivity contribution is -0.133. The number of hydrogen-bond donors (Lipinski definition) is 0. The van der Waals surface area contributed by atoms with Crippen molar-refractivity contribution in [2.24, 2.45) is 0 Å². The number of halogens is 2. The fraction of sp³-hybridized carbons (Fsp3) is 0.467. The molecule has 0 unspecified atom stereocenters. The van der Waals surface area contributed by atoms with Crippen LogP contribution in [0.1, 0.15) is 31.2 Å². The quantitative estimate of drug-likeness (QED) is 0.853. The van der Waals surface area contributed by atoms with Gasteiger partial charge in [-0.15, -0.1) is 0 Å². The van der Waals surface area contributed by atoms with Gasteiger partial charge in [0.05, 0.1) is 6.42 Å². The molecule has 0 atom stereocenters. The predicted molar refractivity (Wildman–Crippen MR) is 70.1 cm³/mol. The third-order valence-corrected chi connectivity index (χ3v) is 3.83. The Morgan fingerprint density at radius 2 is 1.95 bits per heavy atom. The van der Waals surface area contributed by atoms with Crippen molar-refractivity contribution in [3.05, 3.63) is 35.4 Å². The van der Waals surface area contributed by atoms with Gasteiger partial charge in [-0.25, -0.2) is 8.78 Å². The van der Waals surface area contributed by atoms with Gasteiger partial charge in [-0.05, 0) is 18.9 Å². The molecule has 1 amide bonds. The second kappa shape index (κ2) is 6.11. The molecule has 2 rings (SSSR count).